The van der Waals surface area contributed by atoms with E-state index in [1.165, 1.54) is 12.1 Å². The minimum Gasteiger partial charge on any atom is -0.348 e. The summed E-state index contributed by atoms with van der Waals surface area (Å²) in [5.41, 5.74) is 4.70. The average molecular weight is 349 g/mol. The first-order valence-electron chi connectivity index (χ1n) is 8.27. The zero-order valence-electron chi connectivity index (χ0n) is 14.8. The molecule has 0 aliphatic carbocycles. The van der Waals surface area contributed by atoms with Crippen molar-refractivity contribution in [2.45, 2.75) is 13.5 Å². The molecule has 0 unspecified atom stereocenters. The molecule has 0 spiro atoms. The highest BCUT2D eigenvalue weighted by Gasteiger charge is 2.13. The fourth-order valence-electron chi connectivity index (χ4n) is 2.80. The van der Waals surface area contributed by atoms with Crippen molar-refractivity contribution in [2.75, 3.05) is 0 Å². The summed E-state index contributed by atoms with van der Waals surface area (Å²) >= 11 is 0. The molecule has 1 heterocycles. The minimum absolute atomic E-state index is 0.245. The Bertz CT molecular complexity index is 975. The molecule has 0 saturated carbocycles. The Labute approximate surface area is 152 Å². The number of rotatable bonds is 5. The number of nitrogens with one attached hydrogen (secondary N) is 1. The van der Waals surface area contributed by atoms with E-state index in [1.54, 1.807) is 10.7 Å². The third-order valence-electron chi connectivity index (χ3n) is 4.17. The van der Waals surface area contributed by atoms with Crippen LogP contribution >= 0.6 is 0 Å². The van der Waals surface area contributed by atoms with Gasteiger partial charge in [0.05, 0.1) is 5.69 Å². The Balaban J connectivity index is 2.06. The highest BCUT2D eigenvalue weighted by atomic mass is 19.1. The number of nitrogens with zero attached hydrogens (tertiary/aromatic N) is 2. The van der Waals surface area contributed by atoms with Crippen molar-refractivity contribution in [1.82, 2.24) is 15.1 Å². The van der Waals surface area contributed by atoms with Gasteiger partial charge in [-0.15, -0.1) is 0 Å². The van der Waals surface area contributed by atoms with Crippen LogP contribution in [0.5, 0.6) is 0 Å². The van der Waals surface area contributed by atoms with Crippen LogP contribution in [0.2, 0.25) is 0 Å². The molecule has 2 aromatic carbocycles. The number of halogens is 1. The van der Waals surface area contributed by atoms with E-state index in [0.29, 0.717) is 12.1 Å². The van der Waals surface area contributed by atoms with Crippen molar-refractivity contribution in [1.29, 1.82) is 0 Å². The second-order valence-electron chi connectivity index (χ2n) is 6.15. The van der Waals surface area contributed by atoms with Gasteiger partial charge in [-0.2, -0.15) is 5.10 Å². The monoisotopic (exact) mass is 349 g/mol. The normalized spacial score (nSPS) is 10.6. The number of amides is 1. The number of aromatic nitrogens is 2. The molecule has 0 bridgehead atoms. The van der Waals surface area contributed by atoms with E-state index in [0.717, 1.165) is 27.9 Å². The summed E-state index contributed by atoms with van der Waals surface area (Å²) in [5, 5.41) is 7.23. The van der Waals surface area contributed by atoms with E-state index < -0.39 is 0 Å². The van der Waals surface area contributed by atoms with Crippen LogP contribution in [-0.2, 0) is 18.4 Å². The quantitative estimate of drug-likeness (QED) is 0.708. The largest absolute Gasteiger partial charge is 0.348 e. The fourth-order valence-corrected chi connectivity index (χ4v) is 2.80. The summed E-state index contributed by atoms with van der Waals surface area (Å²) in [5.74, 6) is -0.504. The van der Waals surface area contributed by atoms with E-state index in [9.17, 15) is 9.18 Å². The predicted octanol–water partition coefficient (Wildman–Crippen LogP) is 4.00. The maximum Gasteiger partial charge on any atom is 0.243 e. The first-order valence-corrected chi connectivity index (χ1v) is 8.27. The molecule has 4 nitrogen and oxygen atoms in total. The van der Waals surface area contributed by atoms with Gasteiger partial charge in [-0.1, -0.05) is 30.8 Å². The number of hydrogen-bond acceptors (Lipinski definition) is 2. The third-order valence-corrected chi connectivity index (χ3v) is 4.17. The summed E-state index contributed by atoms with van der Waals surface area (Å²) in [6.07, 6.45) is 3.08. The van der Waals surface area contributed by atoms with Crippen molar-refractivity contribution >= 4 is 5.91 Å². The second kappa shape index (κ2) is 7.35. The fraction of sp³-hybridized carbons (Fsp3) is 0.143. The molecule has 0 atom stereocenters. The maximum absolute atomic E-state index is 14.4. The molecule has 0 saturated heterocycles. The van der Waals surface area contributed by atoms with Crippen LogP contribution in [-0.4, -0.2) is 15.7 Å². The molecule has 1 amide bonds. The van der Waals surface area contributed by atoms with Gasteiger partial charge in [-0.05, 0) is 47.9 Å². The van der Waals surface area contributed by atoms with E-state index in [2.05, 4.69) is 17.0 Å². The van der Waals surface area contributed by atoms with Crippen LogP contribution in [0.15, 0.2) is 61.3 Å². The van der Waals surface area contributed by atoms with Crippen molar-refractivity contribution in [2.24, 2.45) is 7.05 Å². The number of carbonyl (C=O) groups is 1. The van der Waals surface area contributed by atoms with Crippen molar-refractivity contribution in [3.63, 3.8) is 0 Å². The van der Waals surface area contributed by atoms with Gasteiger partial charge in [0.15, 0.2) is 0 Å². The SMILES string of the molecule is C=CC(=O)NCc1ccc(-c2ccc(C)cc2F)cc1-c1ccn(C)n1. The minimum atomic E-state index is -0.260. The van der Waals surface area contributed by atoms with Gasteiger partial charge in [0, 0.05) is 30.9 Å². The summed E-state index contributed by atoms with van der Waals surface area (Å²) in [7, 11) is 1.84. The summed E-state index contributed by atoms with van der Waals surface area (Å²) in [6.45, 7) is 5.66. The van der Waals surface area contributed by atoms with Gasteiger partial charge in [0.2, 0.25) is 5.91 Å². The predicted molar refractivity (Wildman–Crippen MR) is 101 cm³/mol. The lowest BCUT2D eigenvalue weighted by Gasteiger charge is -2.12. The van der Waals surface area contributed by atoms with E-state index >= 15 is 0 Å². The molecule has 132 valence electrons. The highest BCUT2D eigenvalue weighted by molar-refractivity contribution is 5.87. The molecular formula is C21H20FN3O. The zero-order chi connectivity index (χ0) is 18.7. The van der Waals surface area contributed by atoms with Crippen LogP contribution in [0.25, 0.3) is 22.4 Å². The summed E-state index contributed by atoms with van der Waals surface area (Å²) < 4.78 is 16.1. The zero-order valence-corrected chi connectivity index (χ0v) is 14.8. The van der Waals surface area contributed by atoms with Crippen LogP contribution in [0.4, 0.5) is 4.39 Å². The van der Waals surface area contributed by atoms with E-state index in [1.807, 2.05) is 50.5 Å². The molecule has 0 fully saturated rings. The lowest BCUT2D eigenvalue weighted by atomic mass is 9.96. The van der Waals surface area contributed by atoms with Gasteiger partial charge in [0.1, 0.15) is 5.82 Å². The van der Waals surface area contributed by atoms with E-state index in [-0.39, 0.29) is 11.7 Å². The Morgan fingerprint density at radius 1 is 1.23 bits per heavy atom. The van der Waals surface area contributed by atoms with Crippen LogP contribution < -0.4 is 5.32 Å². The smallest absolute Gasteiger partial charge is 0.243 e. The number of benzene rings is 2. The van der Waals surface area contributed by atoms with Crippen molar-refractivity contribution in [3.05, 3.63) is 78.3 Å². The standard InChI is InChI=1S/C21H20FN3O/c1-4-21(26)23-13-16-7-6-15(17-8-5-14(2)11-19(17)22)12-18(16)20-9-10-25(3)24-20/h4-12H,1,13H2,2-3H3,(H,23,26). The molecule has 3 rings (SSSR count). The van der Waals surface area contributed by atoms with Crippen molar-refractivity contribution in [3.8, 4) is 22.4 Å². The molecule has 26 heavy (non-hydrogen) atoms. The number of hydrogen-bond donors (Lipinski definition) is 1. The third kappa shape index (κ3) is 3.72. The van der Waals surface area contributed by atoms with Gasteiger partial charge in [0.25, 0.3) is 0 Å². The lowest BCUT2D eigenvalue weighted by Crippen LogP contribution is -2.20. The number of aryl methyl sites for hydroxylation is 2. The maximum atomic E-state index is 14.4. The van der Waals surface area contributed by atoms with Crippen LogP contribution in [0, 0.1) is 12.7 Å². The first kappa shape index (κ1) is 17.6. The molecule has 0 radical (unpaired) electrons. The van der Waals surface area contributed by atoms with Crippen molar-refractivity contribution < 1.29 is 9.18 Å². The van der Waals surface area contributed by atoms with E-state index in [4.69, 9.17) is 0 Å². The molecule has 0 aliphatic rings. The molecule has 0 aliphatic heterocycles. The Morgan fingerprint density at radius 3 is 2.69 bits per heavy atom. The summed E-state index contributed by atoms with van der Waals surface area (Å²) in [4.78, 5) is 11.5. The Kier molecular flexibility index (Phi) is 4.98. The van der Waals surface area contributed by atoms with Gasteiger partial charge in [-0.3, -0.25) is 9.48 Å². The molecular weight excluding hydrogens is 329 g/mol. The van der Waals surface area contributed by atoms with Crippen LogP contribution in [0.3, 0.4) is 0 Å². The number of carbonyl (C=O) groups excluding carboxylic acids is 1. The molecule has 1 N–H and O–H groups in total. The van der Waals surface area contributed by atoms with Gasteiger partial charge in [-0.25, -0.2) is 4.39 Å². The summed E-state index contributed by atoms with van der Waals surface area (Å²) in [6, 6.07) is 12.7. The van der Waals surface area contributed by atoms with Crippen LogP contribution in [0.1, 0.15) is 11.1 Å². The highest BCUT2D eigenvalue weighted by Crippen LogP contribution is 2.30. The Hall–Kier alpha value is -3.21. The topological polar surface area (TPSA) is 46.9 Å². The first-order chi connectivity index (χ1) is 12.5. The Morgan fingerprint density at radius 2 is 2.04 bits per heavy atom. The molecule has 3 aromatic rings. The second-order valence-corrected chi connectivity index (χ2v) is 6.15. The molecule has 5 heteroatoms. The lowest BCUT2D eigenvalue weighted by molar-refractivity contribution is -0.116. The van der Waals surface area contributed by atoms with Gasteiger partial charge >= 0.3 is 0 Å². The van der Waals surface area contributed by atoms with Gasteiger partial charge < -0.3 is 5.32 Å². The molecule has 1 aromatic heterocycles. The average Bonchev–Trinajstić information content (AvgIpc) is 3.06.